The molecule has 2 aliphatic rings. The average Bonchev–Trinajstić information content (AvgIpc) is 2.87. The molecule has 0 aromatic heterocycles. The molecule has 1 unspecified atom stereocenters. The molecular formula is C16H22O2. The Bertz CT molecular complexity index is 408. The summed E-state index contributed by atoms with van der Waals surface area (Å²) in [6.07, 6.45) is 8.15. The third kappa shape index (κ3) is 2.39. The van der Waals surface area contributed by atoms with Crippen LogP contribution in [-0.2, 0) is 6.42 Å². The molecule has 0 bridgehead atoms. The third-order valence-electron chi connectivity index (χ3n) is 4.39. The zero-order valence-electron chi connectivity index (χ0n) is 10.9. The Morgan fingerprint density at radius 2 is 2.06 bits per heavy atom. The van der Waals surface area contributed by atoms with Crippen LogP contribution in [-0.4, -0.2) is 11.7 Å². The summed E-state index contributed by atoms with van der Waals surface area (Å²) in [6.45, 7) is 0.766. The Morgan fingerprint density at radius 1 is 1.22 bits per heavy atom. The van der Waals surface area contributed by atoms with Gasteiger partial charge in [-0.15, -0.1) is 0 Å². The summed E-state index contributed by atoms with van der Waals surface area (Å²) in [5.74, 6) is 1.66. The highest BCUT2D eigenvalue weighted by molar-refractivity contribution is 5.45. The Hall–Kier alpha value is -1.02. The summed E-state index contributed by atoms with van der Waals surface area (Å²) in [6, 6.07) is 6.18. The highest BCUT2D eigenvalue weighted by Gasteiger charge is 2.24. The SMILES string of the molecule is OC(CC1CCCCC1)c1cccc2c1OCC2. The molecule has 1 saturated carbocycles. The molecule has 1 atom stereocenters. The Kier molecular flexibility index (Phi) is 3.55. The largest absolute Gasteiger partial charge is 0.493 e. The molecule has 18 heavy (non-hydrogen) atoms. The van der Waals surface area contributed by atoms with Crippen molar-refractivity contribution in [3.05, 3.63) is 29.3 Å². The monoisotopic (exact) mass is 246 g/mol. The van der Waals surface area contributed by atoms with Crippen LogP contribution >= 0.6 is 0 Å². The van der Waals surface area contributed by atoms with Crippen LogP contribution in [0, 0.1) is 5.92 Å². The van der Waals surface area contributed by atoms with Crippen LogP contribution in [0.1, 0.15) is 55.8 Å². The molecule has 98 valence electrons. The molecule has 0 saturated heterocycles. The summed E-state index contributed by atoms with van der Waals surface area (Å²) < 4.78 is 5.68. The highest BCUT2D eigenvalue weighted by Crippen LogP contribution is 2.38. The van der Waals surface area contributed by atoms with Crippen molar-refractivity contribution in [2.75, 3.05) is 6.61 Å². The molecular weight excluding hydrogens is 224 g/mol. The van der Waals surface area contributed by atoms with E-state index in [-0.39, 0.29) is 6.10 Å². The molecule has 1 N–H and O–H groups in total. The molecule has 3 rings (SSSR count). The first kappa shape index (κ1) is 12.0. The van der Waals surface area contributed by atoms with Gasteiger partial charge in [-0.1, -0.05) is 50.3 Å². The standard InChI is InChI=1S/C16H22O2/c17-15(11-12-5-2-1-3-6-12)14-8-4-7-13-9-10-18-16(13)14/h4,7-8,12,15,17H,1-3,5-6,9-11H2. The number of benzene rings is 1. The number of aliphatic hydroxyl groups is 1. The zero-order chi connectivity index (χ0) is 12.4. The maximum absolute atomic E-state index is 10.5. The average molecular weight is 246 g/mol. The van der Waals surface area contributed by atoms with E-state index in [0.717, 1.165) is 30.8 Å². The van der Waals surface area contributed by atoms with Crippen LogP contribution in [0.5, 0.6) is 5.75 Å². The predicted octanol–water partition coefficient (Wildman–Crippen LogP) is 3.63. The summed E-state index contributed by atoms with van der Waals surface area (Å²) >= 11 is 0. The lowest BCUT2D eigenvalue weighted by molar-refractivity contribution is 0.128. The molecule has 1 heterocycles. The maximum Gasteiger partial charge on any atom is 0.128 e. The Labute approximate surface area is 109 Å². The van der Waals surface area contributed by atoms with Gasteiger partial charge < -0.3 is 9.84 Å². The first-order valence-corrected chi connectivity index (χ1v) is 7.27. The number of fused-ring (bicyclic) bond motifs is 1. The summed E-state index contributed by atoms with van der Waals surface area (Å²) in [5.41, 5.74) is 2.27. The first-order chi connectivity index (χ1) is 8.84. The number of hydrogen-bond acceptors (Lipinski definition) is 2. The molecule has 1 aliphatic carbocycles. The van der Waals surface area contributed by atoms with Gasteiger partial charge in [-0.3, -0.25) is 0 Å². The first-order valence-electron chi connectivity index (χ1n) is 7.27. The summed E-state index contributed by atoms with van der Waals surface area (Å²) in [5, 5.41) is 10.5. The second-order valence-electron chi connectivity index (χ2n) is 5.69. The summed E-state index contributed by atoms with van der Waals surface area (Å²) in [7, 11) is 0. The number of rotatable bonds is 3. The predicted molar refractivity (Wildman–Crippen MR) is 71.8 cm³/mol. The molecule has 0 amide bonds. The van der Waals surface area contributed by atoms with Crippen molar-refractivity contribution in [1.82, 2.24) is 0 Å². The van der Waals surface area contributed by atoms with Gasteiger partial charge in [0.15, 0.2) is 0 Å². The highest BCUT2D eigenvalue weighted by atomic mass is 16.5. The molecule has 0 radical (unpaired) electrons. The smallest absolute Gasteiger partial charge is 0.128 e. The Morgan fingerprint density at radius 3 is 2.89 bits per heavy atom. The molecule has 1 fully saturated rings. The van der Waals surface area contributed by atoms with Gasteiger partial charge in [-0.05, 0) is 17.9 Å². The van der Waals surface area contributed by atoms with E-state index >= 15 is 0 Å². The minimum atomic E-state index is -0.346. The van der Waals surface area contributed by atoms with Crippen LogP contribution in [0.3, 0.4) is 0 Å². The minimum absolute atomic E-state index is 0.346. The maximum atomic E-state index is 10.5. The fourth-order valence-corrected chi connectivity index (χ4v) is 3.37. The number of aliphatic hydroxyl groups excluding tert-OH is 1. The minimum Gasteiger partial charge on any atom is -0.493 e. The quantitative estimate of drug-likeness (QED) is 0.882. The van der Waals surface area contributed by atoms with E-state index < -0.39 is 0 Å². The fourth-order valence-electron chi connectivity index (χ4n) is 3.37. The van der Waals surface area contributed by atoms with Crippen molar-refractivity contribution in [1.29, 1.82) is 0 Å². The van der Waals surface area contributed by atoms with E-state index in [1.54, 1.807) is 0 Å². The van der Waals surface area contributed by atoms with Gasteiger partial charge in [0, 0.05) is 12.0 Å². The second kappa shape index (κ2) is 5.31. The van der Waals surface area contributed by atoms with Crippen LogP contribution < -0.4 is 4.74 Å². The number of hydrogen-bond donors (Lipinski definition) is 1. The van der Waals surface area contributed by atoms with Crippen molar-refractivity contribution in [3.63, 3.8) is 0 Å². The van der Waals surface area contributed by atoms with Gasteiger partial charge in [0.25, 0.3) is 0 Å². The fraction of sp³-hybridized carbons (Fsp3) is 0.625. The van der Waals surface area contributed by atoms with E-state index in [4.69, 9.17) is 4.74 Å². The molecule has 1 aromatic carbocycles. The molecule has 2 heteroatoms. The van der Waals surface area contributed by atoms with Crippen LogP contribution in [0.2, 0.25) is 0 Å². The lowest BCUT2D eigenvalue weighted by atomic mass is 9.84. The number of ether oxygens (including phenoxy) is 1. The van der Waals surface area contributed by atoms with Crippen molar-refractivity contribution < 1.29 is 9.84 Å². The van der Waals surface area contributed by atoms with Gasteiger partial charge >= 0.3 is 0 Å². The van der Waals surface area contributed by atoms with Crippen LogP contribution in [0.15, 0.2) is 18.2 Å². The normalized spacial score (nSPS) is 21.4. The van der Waals surface area contributed by atoms with Crippen molar-refractivity contribution >= 4 is 0 Å². The van der Waals surface area contributed by atoms with Crippen LogP contribution in [0.4, 0.5) is 0 Å². The van der Waals surface area contributed by atoms with Gasteiger partial charge in [0.1, 0.15) is 5.75 Å². The zero-order valence-corrected chi connectivity index (χ0v) is 10.9. The van der Waals surface area contributed by atoms with E-state index in [1.807, 2.05) is 12.1 Å². The van der Waals surface area contributed by atoms with Gasteiger partial charge in [-0.2, -0.15) is 0 Å². The third-order valence-corrected chi connectivity index (χ3v) is 4.39. The van der Waals surface area contributed by atoms with E-state index in [0.29, 0.717) is 5.92 Å². The van der Waals surface area contributed by atoms with Gasteiger partial charge in [-0.25, -0.2) is 0 Å². The van der Waals surface area contributed by atoms with E-state index in [1.165, 1.54) is 37.7 Å². The van der Waals surface area contributed by atoms with E-state index in [2.05, 4.69) is 6.07 Å². The summed E-state index contributed by atoms with van der Waals surface area (Å²) in [4.78, 5) is 0. The lowest BCUT2D eigenvalue weighted by Gasteiger charge is -2.24. The molecule has 0 spiro atoms. The van der Waals surface area contributed by atoms with Crippen molar-refractivity contribution in [2.24, 2.45) is 5.92 Å². The number of para-hydroxylation sites is 1. The van der Waals surface area contributed by atoms with Crippen LogP contribution in [0.25, 0.3) is 0 Å². The second-order valence-corrected chi connectivity index (χ2v) is 5.69. The van der Waals surface area contributed by atoms with Gasteiger partial charge in [0.05, 0.1) is 12.7 Å². The molecule has 1 aromatic rings. The van der Waals surface area contributed by atoms with Crippen molar-refractivity contribution in [3.8, 4) is 5.75 Å². The van der Waals surface area contributed by atoms with Gasteiger partial charge in [0.2, 0.25) is 0 Å². The van der Waals surface area contributed by atoms with E-state index in [9.17, 15) is 5.11 Å². The molecule has 1 aliphatic heterocycles. The Balaban J connectivity index is 1.72. The molecule has 2 nitrogen and oxygen atoms in total. The lowest BCUT2D eigenvalue weighted by Crippen LogP contribution is -2.11. The topological polar surface area (TPSA) is 29.5 Å². The van der Waals surface area contributed by atoms with Crippen molar-refractivity contribution in [2.45, 2.75) is 51.0 Å².